The van der Waals surface area contributed by atoms with E-state index in [1.165, 1.54) is 18.7 Å². The molecule has 2 aromatic carbocycles. The Bertz CT molecular complexity index is 554. The van der Waals surface area contributed by atoms with Crippen molar-refractivity contribution in [1.82, 2.24) is 0 Å². The number of hydrogen-bond donors (Lipinski definition) is 0. The summed E-state index contributed by atoms with van der Waals surface area (Å²) in [6.45, 7) is 1.45. The van der Waals surface area contributed by atoms with Gasteiger partial charge in [-0.25, -0.2) is 0 Å². The lowest BCUT2D eigenvalue weighted by atomic mass is 10.2. The first kappa shape index (κ1) is 12.4. The number of ether oxygens (including phenoxy) is 1. The lowest BCUT2D eigenvalue weighted by Crippen LogP contribution is -1.94. The summed E-state index contributed by atoms with van der Waals surface area (Å²) in [6.07, 6.45) is 0. The molecular weight excluding hydrogens is 254 g/mol. The smallest absolute Gasteiger partial charge is 0.269 e. The highest BCUT2D eigenvalue weighted by Crippen LogP contribution is 2.19. The number of non-ortho nitro benzene ring substituents is 1. The number of benzene rings is 2. The van der Waals surface area contributed by atoms with E-state index in [-0.39, 0.29) is 5.69 Å². The summed E-state index contributed by atoms with van der Waals surface area (Å²) < 4.78 is 5.38. The van der Waals surface area contributed by atoms with Crippen LogP contribution < -0.4 is 4.74 Å². The van der Waals surface area contributed by atoms with Crippen molar-refractivity contribution in [3.8, 4) is 5.75 Å². The second-order valence-electron chi connectivity index (χ2n) is 3.54. The van der Waals surface area contributed by atoms with Crippen LogP contribution in [-0.4, -0.2) is 4.92 Å². The van der Waals surface area contributed by atoms with Crippen LogP contribution in [0.3, 0.4) is 0 Å². The normalized spacial score (nSPS) is 10.1. The van der Waals surface area contributed by atoms with Crippen LogP contribution in [0.4, 0.5) is 5.69 Å². The molecule has 0 heterocycles. The van der Waals surface area contributed by atoms with Gasteiger partial charge in [-0.3, -0.25) is 10.1 Å². The Kier molecular flexibility index (Phi) is 3.79. The minimum Gasteiger partial charge on any atom is -0.481 e. The first-order valence-corrected chi connectivity index (χ1v) is 5.53. The lowest BCUT2D eigenvalue weighted by molar-refractivity contribution is -0.384. The van der Waals surface area contributed by atoms with Gasteiger partial charge in [0.05, 0.1) is 4.92 Å². The Morgan fingerprint density at radius 1 is 1.17 bits per heavy atom. The van der Waals surface area contributed by atoms with Crippen molar-refractivity contribution >= 4 is 17.3 Å². The van der Waals surface area contributed by atoms with Crippen molar-refractivity contribution in [2.75, 3.05) is 0 Å². The van der Waals surface area contributed by atoms with Crippen molar-refractivity contribution in [3.63, 3.8) is 0 Å². The number of nitro benzene ring substituents is 1. The Labute approximate surface area is 109 Å². The highest BCUT2D eigenvalue weighted by molar-refractivity contribution is 6.30. The fraction of sp³-hybridized carbons (Fsp3) is 0. The SMILES string of the molecule is O=[N+]([O-])c1cccc([CH]Oc2ccc(Cl)cc2)c1. The third kappa shape index (κ3) is 3.21. The molecule has 0 saturated heterocycles. The Balaban J connectivity index is 2.04. The molecule has 0 unspecified atom stereocenters. The molecule has 0 fully saturated rings. The average molecular weight is 263 g/mol. The van der Waals surface area contributed by atoms with E-state index < -0.39 is 4.92 Å². The van der Waals surface area contributed by atoms with Crippen LogP contribution in [0.2, 0.25) is 5.02 Å². The van der Waals surface area contributed by atoms with Gasteiger partial charge < -0.3 is 4.74 Å². The van der Waals surface area contributed by atoms with Gasteiger partial charge in [0.15, 0.2) is 6.61 Å². The van der Waals surface area contributed by atoms with Crippen molar-refractivity contribution in [3.05, 3.63) is 75.8 Å². The van der Waals surface area contributed by atoms with E-state index in [0.29, 0.717) is 16.3 Å². The molecule has 5 heteroatoms. The van der Waals surface area contributed by atoms with Crippen LogP contribution in [0.15, 0.2) is 48.5 Å². The summed E-state index contributed by atoms with van der Waals surface area (Å²) in [5, 5.41) is 11.2. The summed E-state index contributed by atoms with van der Waals surface area (Å²) >= 11 is 5.74. The predicted octanol–water partition coefficient (Wildman–Crippen LogP) is 3.84. The predicted molar refractivity (Wildman–Crippen MR) is 68.6 cm³/mol. The maximum Gasteiger partial charge on any atom is 0.269 e. The Hall–Kier alpha value is -2.07. The van der Waals surface area contributed by atoms with Gasteiger partial charge in [0, 0.05) is 22.7 Å². The molecule has 0 amide bonds. The molecule has 4 nitrogen and oxygen atoms in total. The maximum atomic E-state index is 10.6. The highest BCUT2D eigenvalue weighted by atomic mass is 35.5. The molecule has 91 valence electrons. The number of hydrogen-bond acceptors (Lipinski definition) is 3. The third-order valence-electron chi connectivity index (χ3n) is 2.23. The van der Waals surface area contributed by atoms with E-state index in [9.17, 15) is 10.1 Å². The number of nitro groups is 1. The zero-order valence-corrected chi connectivity index (χ0v) is 10.0. The van der Waals surface area contributed by atoms with Crippen LogP contribution in [0, 0.1) is 16.7 Å². The van der Waals surface area contributed by atoms with Crippen LogP contribution in [0.5, 0.6) is 5.75 Å². The molecule has 1 radical (unpaired) electrons. The zero-order chi connectivity index (χ0) is 13.0. The number of halogens is 1. The maximum absolute atomic E-state index is 10.6. The van der Waals surface area contributed by atoms with Gasteiger partial charge in [0.1, 0.15) is 5.75 Å². The summed E-state index contributed by atoms with van der Waals surface area (Å²) in [4.78, 5) is 10.2. The summed E-state index contributed by atoms with van der Waals surface area (Å²) in [5.74, 6) is 0.617. The molecule has 2 rings (SSSR count). The molecular formula is C13H9ClNO3. The molecule has 18 heavy (non-hydrogen) atoms. The van der Waals surface area contributed by atoms with Crippen LogP contribution in [0.25, 0.3) is 0 Å². The minimum atomic E-state index is -0.445. The fourth-order valence-corrected chi connectivity index (χ4v) is 1.49. The van der Waals surface area contributed by atoms with Crippen molar-refractivity contribution in [2.24, 2.45) is 0 Å². The molecule has 0 aliphatic heterocycles. The monoisotopic (exact) mass is 262 g/mol. The van der Waals surface area contributed by atoms with Gasteiger partial charge in [-0.15, -0.1) is 0 Å². The number of rotatable bonds is 4. The molecule has 0 atom stereocenters. The van der Waals surface area contributed by atoms with Crippen molar-refractivity contribution in [1.29, 1.82) is 0 Å². The van der Waals surface area contributed by atoms with E-state index in [1.807, 2.05) is 0 Å². The standard InChI is InChI=1S/C13H9ClNO3/c14-11-4-6-13(7-5-11)18-9-10-2-1-3-12(8-10)15(16)17/h1-9H. The van der Waals surface area contributed by atoms with E-state index in [0.717, 1.165) is 0 Å². The van der Waals surface area contributed by atoms with Crippen molar-refractivity contribution < 1.29 is 9.66 Å². The van der Waals surface area contributed by atoms with Gasteiger partial charge in [-0.05, 0) is 24.3 Å². The van der Waals surface area contributed by atoms with E-state index >= 15 is 0 Å². The largest absolute Gasteiger partial charge is 0.481 e. The quantitative estimate of drug-likeness (QED) is 0.621. The molecule has 0 aliphatic carbocycles. The first-order valence-electron chi connectivity index (χ1n) is 5.15. The molecule has 0 saturated carbocycles. The van der Waals surface area contributed by atoms with Crippen LogP contribution in [0.1, 0.15) is 5.56 Å². The second-order valence-corrected chi connectivity index (χ2v) is 3.98. The molecule has 0 bridgehead atoms. The summed E-state index contributed by atoms with van der Waals surface area (Å²) in [7, 11) is 0. The summed E-state index contributed by atoms with van der Waals surface area (Å²) in [5.41, 5.74) is 0.655. The molecule has 0 aliphatic rings. The van der Waals surface area contributed by atoms with Gasteiger partial charge in [-0.2, -0.15) is 0 Å². The lowest BCUT2D eigenvalue weighted by Gasteiger charge is -2.05. The summed E-state index contributed by atoms with van der Waals surface area (Å²) in [6, 6.07) is 13.1. The van der Waals surface area contributed by atoms with Gasteiger partial charge in [0.25, 0.3) is 5.69 Å². The van der Waals surface area contributed by atoms with Gasteiger partial charge in [0.2, 0.25) is 0 Å². The Morgan fingerprint density at radius 3 is 2.56 bits per heavy atom. The van der Waals surface area contributed by atoms with Gasteiger partial charge in [-0.1, -0.05) is 23.7 Å². The van der Waals surface area contributed by atoms with Crippen LogP contribution in [-0.2, 0) is 0 Å². The number of nitrogens with zero attached hydrogens (tertiary/aromatic N) is 1. The minimum absolute atomic E-state index is 0.0310. The Morgan fingerprint density at radius 2 is 1.89 bits per heavy atom. The molecule has 2 aromatic rings. The zero-order valence-electron chi connectivity index (χ0n) is 9.25. The highest BCUT2D eigenvalue weighted by Gasteiger charge is 2.06. The van der Waals surface area contributed by atoms with Gasteiger partial charge >= 0.3 is 0 Å². The molecule has 0 spiro atoms. The topological polar surface area (TPSA) is 52.4 Å². The average Bonchev–Trinajstić information content (AvgIpc) is 2.38. The second kappa shape index (κ2) is 5.51. The first-order chi connectivity index (χ1) is 8.65. The van der Waals surface area contributed by atoms with Crippen molar-refractivity contribution in [2.45, 2.75) is 0 Å². The van der Waals surface area contributed by atoms with Crippen LogP contribution >= 0.6 is 11.6 Å². The molecule has 0 N–H and O–H groups in total. The molecule has 0 aromatic heterocycles. The third-order valence-corrected chi connectivity index (χ3v) is 2.48. The fourth-order valence-electron chi connectivity index (χ4n) is 1.36. The van der Waals surface area contributed by atoms with E-state index in [2.05, 4.69) is 0 Å². The van der Waals surface area contributed by atoms with E-state index in [4.69, 9.17) is 16.3 Å². The van der Waals surface area contributed by atoms with E-state index in [1.54, 1.807) is 36.4 Å².